The fourth-order valence-corrected chi connectivity index (χ4v) is 1.40. The average Bonchev–Trinajstić information content (AvgIpc) is 2.17. The van der Waals surface area contributed by atoms with Gasteiger partial charge in [0.25, 0.3) is 0 Å². The number of nitriles is 1. The predicted octanol–water partition coefficient (Wildman–Crippen LogP) is 2.54. The molecule has 0 saturated carbocycles. The monoisotopic (exact) mass is 192 g/mol. The van der Waals surface area contributed by atoms with Crippen molar-refractivity contribution < 1.29 is 4.39 Å². The summed E-state index contributed by atoms with van der Waals surface area (Å²) in [4.78, 5) is 1.89. The van der Waals surface area contributed by atoms with Crippen molar-refractivity contribution in [3.63, 3.8) is 0 Å². The standard InChI is InChI=1S/C11H13FN2/c1-3-7-14(2)11-6-4-5-10(12)9(11)8-13/h4-6H,3,7H2,1-2H3. The van der Waals surface area contributed by atoms with E-state index in [4.69, 9.17) is 5.26 Å². The van der Waals surface area contributed by atoms with E-state index in [2.05, 4.69) is 0 Å². The molecule has 14 heavy (non-hydrogen) atoms. The highest BCUT2D eigenvalue weighted by atomic mass is 19.1. The third kappa shape index (κ3) is 2.02. The SMILES string of the molecule is CCCN(C)c1cccc(F)c1C#N. The fourth-order valence-electron chi connectivity index (χ4n) is 1.40. The maximum Gasteiger partial charge on any atom is 0.143 e. The summed E-state index contributed by atoms with van der Waals surface area (Å²) in [6, 6.07) is 6.58. The van der Waals surface area contributed by atoms with E-state index in [0.717, 1.165) is 13.0 Å². The average molecular weight is 192 g/mol. The van der Waals surface area contributed by atoms with Gasteiger partial charge in [0, 0.05) is 13.6 Å². The van der Waals surface area contributed by atoms with E-state index < -0.39 is 5.82 Å². The van der Waals surface area contributed by atoms with E-state index >= 15 is 0 Å². The van der Waals surface area contributed by atoms with E-state index in [1.165, 1.54) is 6.07 Å². The highest BCUT2D eigenvalue weighted by Gasteiger charge is 2.10. The number of nitrogens with zero attached hydrogens (tertiary/aromatic N) is 2. The molecule has 0 heterocycles. The molecule has 0 fully saturated rings. The van der Waals surface area contributed by atoms with Gasteiger partial charge in [-0.2, -0.15) is 5.26 Å². The molecule has 0 bridgehead atoms. The van der Waals surface area contributed by atoms with Crippen LogP contribution in [0.1, 0.15) is 18.9 Å². The van der Waals surface area contributed by atoms with Crippen molar-refractivity contribution in [1.82, 2.24) is 0 Å². The highest BCUT2D eigenvalue weighted by Crippen LogP contribution is 2.21. The summed E-state index contributed by atoms with van der Waals surface area (Å²) in [5.41, 5.74) is 0.790. The molecule has 0 atom stereocenters. The van der Waals surface area contributed by atoms with Gasteiger partial charge in [-0.3, -0.25) is 0 Å². The second kappa shape index (κ2) is 4.61. The molecule has 2 nitrogen and oxygen atoms in total. The Labute approximate surface area is 83.6 Å². The molecule has 0 spiro atoms. The van der Waals surface area contributed by atoms with Crippen LogP contribution in [0.25, 0.3) is 0 Å². The van der Waals surface area contributed by atoms with E-state index in [1.807, 2.05) is 24.9 Å². The second-order valence-corrected chi connectivity index (χ2v) is 3.17. The zero-order valence-corrected chi connectivity index (χ0v) is 8.42. The molecule has 0 aliphatic rings. The van der Waals surface area contributed by atoms with E-state index in [1.54, 1.807) is 12.1 Å². The van der Waals surface area contributed by atoms with Crippen LogP contribution in [0.15, 0.2) is 18.2 Å². The minimum absolute atomic E-state index is 0.128. The summed E-state index contributed by atoms with van der Waals surface area (Å²) in [6.45, 7) is 2.86. The summed E-state index contributed by atoms with van der Waals surface area (Å²) >= 11 is 0. The smallest absolute Gasteiger partial charge is 0.143 e. The lowest BCUT2D eigenvalue weighted by Gasteiger charge is -2.19. The van der Waals surface area contributed by atoms with Crippen molar-refractivity contribution in [2.45, 2.75) is 13.3 Å². The van der Waals surface area contributed by atoms with Crippen LogP contribution in [0, 0.1) is 17.1 Å². The van der Waals surface area contributed by atoms with Crippen LogP contribution in [0.3, 0.4) is 0 Å². The molecule has 0 amide bonds. The van der Waals surface area contributed by atoms with Crippen LogP contribution in [0.2, 0.25) is 0 Å². The van der Waals surface area contributed by atoms with Gasteiger partial charge in [0.05, 0.1) is 5.69 Å². The van der Waals surface area contributed by atoms with Crippen LogP contribution >= 0.6 is 0 Å². The minimum Gasteiger partial charge on any atom is -0.373 e. The molecule has 0 unspecified atom stereocenters. The van der Waals surface area contributed by atoms with Crippen molar-refractivity contribution in [2.24, 2.45) is 0 Å². The molecule has 1 aromatic rings. The normalized spacial score (nSPS) is 9.57. The van der Waals surface area contributed by atoms with Crippen molar-refractivity contribution in [3.05, 3.63) is 29.6 Å². The van der Waals surface area contributed by atoms with Crippen molar-refractivity contribution in [2.75, 3.05) is 18.5 Å². The van der Waals surface area contributed by atoms with Crippen molar-refractivity contribution in [3.8, 4) is 6.07 Å². The van der Waals surface area contributed by atoms with Gasteiger partial charge in [0.15, 0.2) is 0 Å². The molecule has 0 N–H and O–H groups in total. The lowest BCUT2D eigenvalue weighted by Crippen LogP contribution is -2.19. The summed E-state index contributed by atoms with van der Waals surface area (Å²) in [5.74, 6) is -0.451. The molecule has 1 rings (SSSR count). The predicted molar refractivity (Wildman–Crippen MR) is 54.7 cm³/mol. The number of anilines is 1. The lowest BCUT2D eigenvalue weighted by molar-refractivity contribution is 0.623. The van der Waals surface area contributed by atoms with E-state index in [-0.39, 0.29) is 5.56 Å². The molecule has 74 valence electrons. The molecular weight excluding hydrogens is 179 g/mol. The first-order valence-electron chi connectivity index (χ1n) is 4.60. The van der Waals surface area contributed by atoms with Gasteiger partial charge in [0.1, 0.15) is 17.4 Å². The molecule has 0 aromatic heterocycles. The topological polar surface area (TPSA) is 27.0 Å². The van der Waals surface area contributed by atoms with E-state index in [9.17, 15) is 4.39 Å². The van der Waals surface area contributed by atoms with Gasteiger partial charge in [-0.1, -0.05) is 13.0 Å². The Morgan fingerprint density at radius 2 is 2.21 bits per heavy atom. The Balaban J connectivity index is 3.08. The Morgan fingerprint density at radius 3 is 2.79 bits per heavy atom. The van der Waals surface area contributed by atoms with Gasteiger partial charge < -0.3 is 4.90 Å². The Morgan fingerprint density at radius 1 is 1.50 bits per heavy atom. The third-order valence-electron chi connectivity index (χ3n) is 2.07. The first kappa shape index (κ1) is 10.5. The molecule has 0 aliphatic heterocycles. The summed E-state index contributed by atoms with van der Waals surface area (Å²) < 4.78 is 13.2. The number of benzene rings is 1. The number of hydrogen-bond acceptors (Lipinski definition) is 2. The molecule has 0 radical (unpaired) electrons. The zero-order valence-electron chi connectivity index (χ0n) is 8.42. The maximum atomic E-state index is 13.2. The summed E-state index contributed by atoms with van der Waals surface area (Å²) in [7, 11) is 1.86. The van der Waals surface area contributed by atoms with E-state index in [0.29, 0.717) is 5.69 Å². The number of hydrogen-bond donors (Lipinski definition) is 0. The highest BCUT2D eigenvalue weighted by molar-refractivity contribution is 5.59. The third-order valence-corrected chi connectivity index (χ3v) is 2.07. The molecular formula is C11H13FN2. The molecule has 0 saturated heterocycles. The fraction of sp³-hybridized carbons (Fsp3) is 0.364. The molecule has 1 aromatic carbocycles. The first-order valence-corrected chi connectivity index (χ1v) is 4.60. The van der Waals surface area contributed by atoms with Crippen molar-refractivity contribution in [1.29, 1.82) is 5.26 Å². The van der Waals surface area contributed by atoms with Gasteiger partial charge >= 0.3 is 0 Å². The Bertz CT molecular complexity index is 355. The Hall–Kier alpha value is -1.56. The lowest BCUT2D eigenvalue weighted by atomic mass is 10.1. The largest absolute Gasteiger partial charge is 0.373 e. The number of rotatable bonds is 3. The van der Waals surface area contributed by atoms with Gasteiger partial charge in [0.2, 0.25) is 0 Å². The second-order valence-electron chi connectivity index (χ2n) is 3.17. The van der Waals surface area contributed by atoms with Gasteiger partial charge in [-0.25, -0.2) is 4.39 Å². The zero-order chi connectivity index (χ0) is 10.6. The van der Waals surface area contributed by atoms with Crippen molar-refractivity contribution >= 4 is 5.69 Å². The molecule has 0 aliphatic carbocycles. The first-order chi connectivity index (χ1) is 6.70. The van der Waals surface area contributed by atoms with Gasteiger partial charge in [-0.05, 0) is 18.6 Å². The Kier molecular flexibility index (Phi) is 3.47. The van der Waals surface area contributed by atoms with Gasteiger partial charge in [-0.15, -0.1) is 0 Å². The maximum absolute atomic E-state index is 13.2. The summed E-state index contributed by atoms with van der Waals surface area (Å²) in [6.07, 6.45) is 0.970. The molecule has 3 heteroatoms. The summed E-state index contributed by atoms with van der Waals surface area (Å²) in [5, 5.41) is 8.80. The van der Waals surface area contributed by atoms with Crippen LogP contribution < -0.4 is 4.90 Å². The van der Waals surface area contributed by atoms with Crippen LogP contribution in [-0.2, 0) is 0 Å². The minimum atomic E-state index is -0.451. The van der Waals surface area contributed by atoms with Crippen LogP contribution in [0.5, 0.6) is 0 Å². The quantitative estimate of drug-likeness (QED) is 0.735. The van der Waals surface area contributed by atoms with Crippen LogP contribution in [-0.4, -0.2) is 13.6 Å². The van der Waals surface area contributed by atoms with Crippen LogP contribution in [0.4, 0.5) is 10.1 Å². The number of halogens is 1.